The number of nitrogens with one attached hydrogen (secondary N) is 2. The molecule has 1 atom stereocenters. The molecule has 1 unspecified atom stereocenters. The molecule has 1 aromatic heterocycles. The maximum absolute atomic E-state index is 11.8. The Morgan fingerprint density at radius 3 is 3.06 bits per heavy atom. The summed E-state index contributed by atoms with van der Waals surface area (Å²) in [5, 5.41) is 5.21. The van der Waals surface area contributed by atoms with Crippen molar-refractivity contribution in [3.05, 3.63) is 22.4 Å². The molecule has 1 fully saturated rings. The van der Waals surface area contributed by atoms with Crippen molar-refractivity contribution in [3.63, 3.8) is 0 Å². The van der Waals surface area contributed by atoms with Crippen LogP contribution in [0.25, 0.3) is 0 Å². The van der Waals surface area contributed by atoms with Gasteiger partial charge in [0.25, 0.3) is 0 Å². The van der Waals surface area contributed by atoms with Gasteiger partial charge in [-0.2, -0.15) is 0 Å². The summed E-state index contributed by atoms with van der Waals surface area (Å²) in [5.41, 5.74) is 0. The first-order valence-corrected chi connectivity index (χ1v) is 8.42. The minimum absolute atomic E-state index is 0.134. The zero-order chi connectivity index (χ0) is 12.1. The third-order valence-electron chi connectivity index (χ3n) is 2.86. The molecule has 2 rings (SSSR count). The van der Waals surface area contributed by atoms with Crippen LogP contribution >= 0.6 is 11.3 Å². The van der Waals surface area contributed by atoms with Crippen molar-refractivity contribution in [1.29, 1.82) is 0 Å². The van der Waals surface area contributed by atoms with Gasteiger partial charge in [0, 0.05) is 17.5 Å². The second-order valence-electron chi connectivity index (χ2n) is 4.30. The summed E-state index contributed by atoms with van der Waals surface area (Å²) in [5.74, 6) is 0.206. The van der Waals surface area contributed by atoms with E-state index in [9.17, 15) is 8.42 Å². The van der Waals surface area contributed by atoms with E-state index in [4.69, 9.17) is 0 Å². The lowest BCUT2D eigenvalue weighted by molar-refractivity contribution is 0.564. The van der Waals surface area contributed by atoms with Crippen LogP contribution in [0, 0.1) is 0 Å². The number of hydrogen-bond acceptors (Lipinski definition) is 4. The highest BCUT2D eigenvalue weighted by Crippen LogP contribution is 2.09. The molecule has 17 heavy (non-hydrogen) atoms. The molecule has 96 valence electrons. The van der Waals surface area contributed by atoms with Crippen molar-refractivity contribution in [3.8, 4) is 0 Å². The van der Waals surface area contributed by atoms with Crippen molar-refractivity contribution in [1.82, 2.24) is 10.0 Å². The van der Waals surface area contributed by atoms with Crippen LogP contribution in [0.15, 0.2) is 17.5 Å². The van der Waals surface area contributed by atoms with Gasteiger partial charge in [0.05, 0.1) is 5.75 Å². The quantitative estimate of drug-likeness (QED) is 0.812. The maximum Gasteiger partial charge on any atom is 0.213 e. The highest BCUT2D eigenvalue weighted by molar-refractivity contribution is 7.89. The Bertz CT molecular complexity index is 422. The Kier molecular flexibility index (Phi) is 4.55. The molecule has 0 aliphatic carbocycles. The normalized spacial score (nSPS) is 20.8. The Morgan fingerprint density at radius 2 is 2.41 bits per heavy atom. The Hall–Kier alpha value is -0.430. The fourth-order valence-corrected chi connectivity index (χ4v) is 4.06. The van der Waals surface area contributed by atoms with Crippen LogP contribution in [-0.2, 0) is 16.4 Å². The van der Waals surface area contributed by atoms with Crippen LogP contribution in [0.4, 0.5) is 0 Å². The first kappa shape index (κ1) is 13.0. The van der Waals surface area contributed by atoms with Crippen LogP contribution in [0.1, 0.15) is 17.7 Å². The third-order valence-corrected chi connectivity index (χ3v) is 5.28. The summed E-state index contributed by atoms with van der Waals surface area (Å²) in [7, 11) is -3.13. The minimum Gasteiger partial charge on any atom is -0.313 e. The second-order valence-corrected chi connectivity index (χ2v) is 7.18. The van der Waals surface area contributed by atoms with E-state index in [-0.39, 0.29) is 11.8 Å². The fourth-order valence-electron chi connectivity index (χ4n) is 2.01. The minimum atomic E-state index is -3.13. The van der Waals surface area contributed by atoms with Crippen molar-refractivity contribution in [2.75, 3.05) is 18.8 Å². The molecule has 0 bridgehead atoms. The molecule has 0 spiro atoms. The predicted octanol–water partition coefficient (Wildman–Crippen LogP) is 0.962. The molecule has 1 aliphatic heterocycles. The van der Waals surface area contributed by atoms with Gasteiger partial charge in [0.1, 0.15) is 0 Å². The molecule has 1 aromatic rings. The summed E-state index contributed by atoms with van der Waals surface area (Å²) in [6.07, 6.45) is 2.82. The van der Waals surface area contributed by atoms with Crippen molar-refractivity contribution in [2.45, 2.75) is 25.3 Å². The number of thiophene rings is 1. The largest absolute Gasteiger partial charge is 0.313 e. The molecule has 2 N–H and O–H groups in total. The van der Waals surface area contributed by atoms with Gasteiger partial charge in [-0.3, -0.25) is 0 Å². The summed E-state index contributed by atoms with van der Waals surface area (Å²) in [6.45, 7) is 1.44. The molecular weight excluding hydrogens is 256 g/mol. The van der Waals surface area contributed by atoms with Crippen molar-refractivity contribution >= 4 is 21.4 Å². The molecule has 1 saturated heterocycles. The third kappa shape index (κ3) is 4.39. The Balaban J connectivity index is 1.73. The van der Waals surface area contributed by atoms with Gasteiger partial charge in [-0.25, -0.2) is 13.1 Å². The molecular formula is C11H18N2O2S2. The van der Waals surface area contributed by atoms with Gasteiger partial charge >= 0.3 is 0 Å². The standard InChI is InChI=1S/C11H18N2O2S2/c14-17(15,9-10-3-1-6-12-10)13-7-5-11-4-2-8-16-11/h2,4,8,10,12-13H,1,3,5-7,9H2. The molecule has 0 aromatic carbocycles. The average Bonchev–Trinajstić information content (AvgIpc) is 2.89. The molecule has 2 heterocycles. The summed E-state index contributed by atoms with van der Waals surface area (Å²) < 4.78 is 26.2. The number of rotatable bonds is 6. The maximum atomic E-state index is 11.8. The zero-order valence-corrected chi connectivity index (χ0v) is 11.3. The van der Waals surface area contributed by atoms with Crippen molar-refractivity contribution in [2.24, 2.45) is 0 Å². The lowest BCUT2D eigenvalue weighted by Crippen LogP contribution is -2.37. The first-order valence-electron chi connectivity index (χ1n) is 5.89. The van der Waals surface area contributed by atoms with E-state index in [1.807, 2.05) is 17.5 Å². The van der Waals surface area contributed by atoms with E-state index >= 15 is 0 Å². The summed E-state index contributed by atoms with van der Waals surface area (Å²) >= 11 is 1.66. The lowest BCUT2D eigenvalue weighted by atomic mass is 10.3. The monoisotopic (exact) mass is 274 g/mol. The van der Waals surface area contributed by atoms with E-state index in [2.05, 4.69) is 10.0 Å². The number of sulfonamides is 1. The van der Waals surface area contributed by atoms with Crippen LogP contribution in [-0.4, -0.2) is 33.3 Å². The van der Waals surface area contributed by atoms with Gasteiger partial charge in [-0.1, -0.05) is 6.07 Å². The van der Waals surface area contributed by atoms with Gasteiger partial charge in [0.15, 0.2) is 0 Å². The highest BCUT2D eigenvalue weighted by atomic mass is 32.2. The molecule has 0 amide bonds. The van der Waals surface area contributed by atoms with Gasteiger partial charge < -0.3 is 5.32 Å². The van der Waals surface area contributed by atoms with Crippen molar-refractivity contribution < 1.29 is 8.42 Å². The smallest absolute Gasteiger partial charge is 0.213 e. The van der Waals surface area contributed by atoms with Crippen LogP contribution < -0.4 is 10.0 Å². The molecule has 6 heteroatoms. The summed E-state index contributed by atoms with van der Waals surface area (Å²) in [4.78, 5) is 1.21. The van der Waals surface area contributed by atoms with Crippen LogP contribution in [0.3, 0.4) is 0 Å². The first-order chi connectivity index (χ1) is 8.16. The van der Waals surface area contributed by atoms with Gasteiger partial charge in [-0.15, -0.1) is 11.3 Å². The second kappa shape index (κ2) is 5.95. The molecule has 4 nitrogen and oxygen atoms in total. The fraction of sp³-hybridized carbons (Fsp3) is 0.636. The van der Waals surface area contributed by atoms with E-state index < -0.39 is 10.0 Å². The Labute approximate surface area is 106 Å². The van der Waals surface area contributed by atoms with Gasteiger partial charge in [0.2, 0.25) is 10.0 Å². The molecule has 1 aliphatic rings. The molecule has 0 radical (unpaired) electrons. The predicted molar refractivity (Wildman–Crippen MR) is 70.8 cm³/mol. The topological polar surface area (TPSA) is 58.2 Å². The average molecular weight is 274 g/mol. The Morgan fingerprint density at radius 1 is 1.53 bits per heavy atom. The van der Waals surface area contributed by atoms with Gasteiger partial charge in [-0.05, 0) is 37.3 Å². The lowest BCUT2D eigenvalue weighted by Gasteiger charge is -2.11. The zero-order valence-electron chi connectivity index (χ0n) is 9.69. The number of hydrogen-bond donors (Lipinski definition) is 2. The summed E-state index contributed by atoms with van der Waals surface area (Å²) in [6, 6.07) is 4.14. The van der Waals surface area contributed by atoms with E-state index in [1.54, 1.807) is 11.3 Å². The van der Waals surface area contributed by atoms with E-state index in [1.165, 1.54) is 4.88 Å². The van der Waals surface area contributed by atoms with Crippen LogP contribution in [0.2, 0.25) is 0 Å². The van der Waals surface area contributed by atoms with Crippen LogP contribution in [0.5, 0.6) is 0 Å². The SMILES string of the molecule is O=S(=O)(CC1CCCN1)NCCc1cccs1. The highest BCUT2D eigenvalue weighted by Gasteiger charge is 2.21. The molecule has 0 saturated carbocycles. The van der Waals surface area contributed by atoms with E-state index in [0.29, 0.717) is 6.54 Å². The van der Waals surface area contributed by atoms with E-state index in [0.717, 1.165) is 25.8 Å².